The van der Waals surface area contributed by atoms with Crippen molar-refractivity contribution in [2.75, 3.05) is 5.32 Å². The number of Topliss-reactive ketones (excluding diaryl/α,β-unsaturated/α-hetero) is 1. The number of benzene rings is 1. The maximum Gasteiger partial charge on any atom is 0.322 e. The SMILES string of the molecule is O=C1CC2CCC(C1)N2C(=O)Nc1ccc(F)c(Cl)c1. The summed E-state index contributed by atoms with van der Waals surface area (Å²) in [6.45, 7) is 0. The molecule has 2 fully saturated rings. The predicted molar refractivity (Wildman–Crippen MR) is 73.3 cm³/mol. The van der Waals surface area contributed by atoms with Gasteiger partial charge >= 0.3 is 6.03 Å². The highest BCUT2D eigenvalue weighted by Crippen LogP contribution is 2.34. The molecule has 2 aliphatic heterocycles. The zero-order valence-electron chi connectivity index (χ0n) is 10.7. The number of amides is 2. The quantitative estimate of drug-likeness (QED) is 0.865. The summed E-state index contributed by atoms with van der Waals surface area (Å²) in [6, 6.07) is 3.82. The molecule has 6 heteroatoms. The first-order valence-corrected chi connectivity index (χ1v) is 6.98. The second-order valence-electron chi connectivity index (χ2n) is 5.30. The van der Waals surface area contributed by atoms with Gasteiger partial charge in [-0.15, -0.1) is 0 Å². The lowest BCUT2D eigenvalue weighted by Gasteiger charge is -2.33. The Morgan fingerprint density at radius 3 is 2.55 bits per heavy atom. The Morgan fingerprint density at radius 2 is 1.95 bits per heavy atom. The molecule has 2 aliphatic rings. The summed E-state index contributed by atoms with van der Waals surface area (Å²) in [4.78, 5) is 25.6. The topological polar surface area (TPSA) is 49.4 Å². The van der Waals surface area contributed by atoms with Crippen LogP contribution in [0.3, 0.4) is 0 Å². The second-order valence-corrected chi connectivity index (χ2v) is 5.71. The summed E-state index contributed by atoms with van der Waals surface area (Å²) in [5.41, 5.74) is 0.456. The Morgan fingerprint density at radius 1 is 1.30 bits per heavy atom. The number of hydrogen-bond donors (Lipinski definition) is 1. The number of carbonyl (C=O) groups excluding carboxylic acids is 2. The highest BCUT2D eigenvalue weighted by molar-refractivity contribution is 6.31. The van der Waals surface area contributed by atoms with Crippen molar-refractivity contribution in [2.24, 2.45) is 0 Å². The molecular formula is C14H14ClFN2O2. The molecule has 3 rings (SSSR count). The highest BCUT2D eigenvalue weighted by atomic mass is 35.5. The molecule has 20 heavy (non-hydrogen) atoms. The van der Waals surface area contributed by atoms with Gasteiger partial charge in [-0.25, -0.2) is 9.18 Å². The third-order valence-corrected chi connectivity index (χ3v) is 4.24. The van der Waals surface area contributed by atoms with Crippen LogP contribution in [0.15, 0.2) is 18.2 Å². The minimum atomic E-state index is -0.520. The fourth-order valence-corrected chi connectivity index (χ4v) is 3.24. The molecule has 0 saturated carbocycles. The van der Waals surface area contributed by atoms with Gasteiger partial charge in [-0.05, 0) is 31.0 Å². The van der Waals surface area contributed by atoms with Crippen molar-refractivity contribution >= 4 is 29.1 Å². The number of anilines is 1. The Kier molecular flexibility index (Phi) is 3.38. The van der Waals surface area contributed by atoms with Crippen LogP contribution in [-0.2, 0) is 4.79 Å². The number of ketones is 1. The number of carbonyl (C=O) groups is 2. The van der Waals surface area contributed by atoms with Crippen LogP contribution in [0.25, 0.3) is 0 Å². The monoisotopic (exact) mass is 296 g/mol. The molecule has 0 spiro atoms. The second kappa shape index (κ2) is 5.05. The van der Waals surface area contributed by atoms with E-state index in [9.17, 15) is 14.0 Å². The van der Waals surface area contributed by atoms with E-state index < -0.39 is 5.82 Å². The van der Waals surface area contributed by atoms with Crippen LogP contribution >= 0.6 is 11.6 Å². The normalized spacial score (nSPS) is 24.9. The molecule has 1 aromatic carbocycles. The summed E-state index contributed by atoms with van der Waals surface area (Å²) in [7, 11) is 0. The zero-order valence-corrected chi connectivity index (χ0v) is 11.5. The molecule has 4 nitrogen and oxygen atoms in total. The number of halogens is 2. The van der Waals surface area contributed by atoms with Gasteiger partial charge in [0.15, 0.2) is 0 Å². The van der Waals surface area contributed by atoms with Gasteiger partial charge in [0.1, 0.15) is 11.6 Å². The third-order valence-electron chi connectivity index (χ3n) is 3.95. The van der Waals surface area contributed by atoms with E-state index in [4.69, 9.17) is 11.6 Å². The smallest absolute Gasteiger partial charge is 0.318 e. The summed E-state index contributed by atoms with van der Waals surface area (Å²) in [5.74, 6) is -0.292. The van der Waals surface area contributed by atoms with Gasteiger partial charge in [0.25, 0.3) is 0 Å². The fraction of sp³-hybridized carbons (Fsp3) is 0.429. The van der Waals surface area contributed by atoms with Gasteiger partial charge in [0.05, 0.1) is 5.02 Å². The average molecular weight is 297 g/mol. The molecule has 2 heterocycles. The van der Waals surface area contributed by atoms with Crippen molar-refractivity contribution in [3.05, 3.63) is 29.0 Å². The van der Waals surface area contributed by atoms with Gasteiger partial charge in [-0.1, -0.05) is 11.6 Å². The van der Waals surface area contributed by atoms with Gasteiger partial charge < -0.3 is 10.2 Å². The van der Waals surface area contributed by atoms with Crippen LogP contribution in [0.5, 0.6) is 0 Å². The van der Waals surface area contributed by atoms with Crippen LogP contribution in [0, 0.1) is 5.82 Å². The van der Waals surface area contributed by atoms with E-state index in [0.29, 0.717) is 18.5 Å². The van der Waals surface area contributed by atoms with Crippen LogP contribution in [0.2, 0.25) is 5.02 Å². The van der Waals surface area contributed by atoms with E-state index in [1.54, 1.807) is 4.90 Å². The number of piperidine rings is 1. The first-order chi connectivity index (χ1) is 9.54. The molecule has 0 aromatic heterocycles. The van der Waals surface area contributed by atoms with E-state index in [1.807, 2.05) is 0 Å². The van der Waals surface area contributed by atoms with E-state index in [1.165, 1.54) is 18.2 Å². The standard InChI is InChI=1S/C14H14ClFN2O2/c15-12-5-8(1-4-13(12)16)17-14(20)18-9-2-3-10(18)7-11(19)6-9/h1,4-5,9-10H,2-3,6-7H2,(H,17,20). The maximum absolute atomic E-state index is 13.1. The first kappa shape index (κ1) is 13.4. The van der Waals surface area contributed by atoms with Crippen LogP contribution in [-0.4, -0.2) is 28.8 Å². The molecule has 2 saturated heterocycles. The molecule has 2 atom stereocenters. The number of rotatable bonds is 1. The van der Waals surface area contributed by atoms with Crippen molar-refractivity contribution in [3.63, 3.8) is 0 Å². The van der Waals surface area contributed by atoms with Gasteiger partial charge in [-0.2, -0.15) is 0 Å². The largest absolute Gasteiger partial charge is 0.322 e. The van der Waals surface area contributed by atoms with E-state index >= 15 is 0 Å². The van der Waals surface area contributed by atoms with Gasteiger partial charge in [0, 0.05) is 30.6 Å². The number of nitrogens with one attached hydrogen (secondary N) is 1. The average Bonchev–Trinajstić information content (AvgIpc) is 2.66. The van der Waals surface area contributed by atoms with Crippen molar-refractivity contribution in [1.82, 2.24) is 4.90 Å². The van der Waals surface area contributed by atoms with Crippen LogP contribution in [0.1, 0.15) is 25.7 Å². The molecule has 2 unspecified atom stereocenters. The Labute approximate surface area is 120 Å². The lowest BCUT2D eigenvalue weighted by atomic mass is 10.0. The molecule has 0 aliphatic carbocycles. The highest BCUT2D eigenvalue weighted by Gasteiger charge is 2.42. The first-order valence-electron chi connectivity index (χ1n) is 6.60. The van der Waals surface area contributed by atoms with Crippen LogP contribution in [0.4, 0.5) is 14.9 Å². The third kappa shape index (κ3) is 2.38. The summed E-state index contributed by atoms with van der Waals surface area (Å²) >= 11 is 5.69. The Balaban J connectivity index is 1.73. The molecule has 1 N–H and O–H groups in total. The molecule has 2 bridgehead atoms. The zero-order chi connectivity index (χ0) is 14.3. The number of urea groups is 1. The molecule has 2 amide bonds. The number of fused-ring (bicyclic) bond motifs is 2. The molecule has 106 valence electrons. The Bertz CT molecular complexity index is 562. The predicted octanol–water partition coefficient (Wildman–Crippen LogP) is 3.21. The lowest BCUT2D eigenvalue weighted by molar-refractivity contribution is -0.122. The molecule has 1 aromatic rings. The number of nitrogens with zero attached hydrogens (tertiary/aromatic N) is 1. The summed E-state index contributed by atoms with van der Waals surface area (Å²) in [6.07, 6.45) is 2.62. The minimum absolute atomic E-state index is 0.00262. The molecule has 0 radical (unpaired) electrons. The van der Waals surface area contributed by atoms with Crippen molar-refractivity contribution in [2.45, 2.75) is 37.8 Å². The van der Waals surface area contributed by atoms with Crippen molar-refractivity contribution < 1.29 is 14.0 Å². The number of hydrogen-bond acceptors (Lipinski definition) is 2. The summed E-state index contributed by atoms with van der Waals surface area (Å²) < 4.78 is 13.1. The molecular weight excluding hydrogens is 283 g/mol. The van der Waals surface area contributed by atoms with E-state index in [0.717, 1.165) is 12.8 Å². The minimum Gasteiger partial charge on any atom is -0.318 e. The lowest BCUT2D eigenvalue weighted by Crippen LogP contribution is -2.48. The Hall–Kier alpha value is -1.62. The van der Waals surface area contributed by atoms with Gasteiger partial charge in [0.2, 0.25) is 0 Å². The van der Waals surface area contributed by atoms with Crippen molar-refractivity contribution in [3.8, 4) is 0 Å². The fourth-order valence-electron chi connectivity index (χ4n) is 3.06. The van der Waals surface area contributed by atoms with E-state index in [-0.39, 0.29) is 28.9 Å². The summed E-state index contributed by atoms with van der Waals surface area (Å²) in [5, 5.41) is 2.69. The van der Waals surface area contributed by atoms with E-state index in [2.05, 4.69) is 5.32 Å². The maximum atomic E-state index is 13.1. The van der Waals surface area contributed by atoms with Crippen LogP contribution < -0.4 is 5.32 Å². The van der Waals surface area contributed by atoms with Gasteiger partial charge in [-0.3, -0.25) is 4.79 Å². The van der Waals surface area contributed by atoms with Crippen molar-refractivity contribution in [1.29, 1.82) is 0 Å².